The Labute approximate surface area is 232 Å². The van der Waals surface area contributed by atoms with Crippen LogP contribution < -0.4 is 16.8 Å². The molecule has 0 fully saturated rings. The molecule has 0 bridgehead atoms. The van der Waals surface area contributed by atoms with Crippen LogP contribution in [0.3, 0.4) is 0 Å². The molecule has 0 unspecified atom stereocenters. The normalized spacial score (nSPS) is 15.3. The molecule has 198 valence electrons. The zero-order chi connectivity index (χ0) is 26.9. The fourth-order valence-electron chi connectivity index (χ4n) is 4.44. The molecule has 0 radical (unpaired) electrons. The molecule has 3 aromatic rings. The lowest BCUT2D eigenvalue weighted by Gasteiger charge is -2.28. The summed E-state index contributed by atoms with van der Waals surface area (Å²) in [7, 11) is 0. The van der Waals surface area contributed by atoms with E-state index in [1.54, 1.807) is 12.1 Å². The van der Waals surface area contributed by atoms with Crippen LogP contribution in [0.15, 0.2) is 88.9 Å². The highest BCUT2D eigenvalue weighted by molar-refractivity contribution is 9.10. The van der Waals surface area contributed by atoms with Gasteiger partial charge in [-0.2, -0.15) is 0 Å². The molecule has 3 aromatic carbocycles. The average Bonchev–Trinajstić information content (AvgIpc) is 3.15. The van der Waals surface area contributed by atoms with Crippen LogP contribution in [0.4, 0.5) is 11.4 Å². The number of anilines is 2. The van der Waals surface area contributed by atoms with Gasteiger partial charge in [-0.1, -0.05) is 46.3 Å². The van der Waals surface area contributed by atoms with Crippen LogP contribution in [0.5, 0.6) is 0 Å². The van der Waals surface area contributed by atoms with Crippen molar-refractivity contribution in [3.8, 4) is 0 Å². The van der Waals surface area contributed by atoms with E-state index in [4.69, 9.17) is 16.2 Å². The largest absolute Gasteiger partial charge is 0.458 e. The Morgan fingerprint density at radius 1 is 0.921 bits per heavy atom. The lowest BCUT2D eigenvalue weighted by atomic mass is 9.99. The van der Waals surface area contributed by atoms with Crippen LogP contribution in [0.25, 0.3) is 0 Å². The number of nitrogens with two attached hydrogens (primary N) is 2. The topological polar surface area (TPSA) is 111 Å². The highest BCUT2D eigenvalue weighted by Gasteiger charge is 2.22. The summed E-state index contributed by atoms with van der Waals surface area (Å²) in [5.74, 6) is -0.141. The van der Waals surface area contributed by atoms with Crippen LogP contribution in [-0.2, 0) is 22.5 Å². The van der Waals surface area contributed by atoms with Crippen LogP contribution in [-0.4, -0.2) is 43.0 Å². The van der Waals surface area contributed by atoms with Crippen molar-refractivity contribution in [1.29, 1.82) is 0 Å². The maximum atomic E-state index is 13.5. The van der Waals surface area contributed by atoms with Gasteiger partial charge in [0.2, 0.25) is 5.91 Å². The first kappa shape index (κ1) is 27.4. The number of nitrogen functional groups attached to an aromatic ring is 2. The zero-order valence-electron chi connectivity index (χ0n) is 21.2. The molecule has 1 aliphatic heterocycles. The van der Waals surface area contributed by atoms with Crippen molar-refractivity contribution in [2.45, 2.75) is 19.4 Å². The van der Waals surface area contributed by atoms with E-state index in [1.807, 2.05) is 65.6 Å². The average molecular weight is 578 g/mol. The molecular weight excluding hydrogens is 544 g/mol. The van der Waals surface area contributed by atoms with Crippen LogP contribution in [0.2, 0.25) is 0 Å². The fourth-order valence-corrected chi connectivity index (χ4v) is 4.70. The lowest BCUT2D eigenvalue weighted by molar-refractivity contribution is -0.131. The highest BCUT2D eigenvalue weighted by Crippen LogP contribution is 2.20. The van der Waals surface area contributed by atoms with E-state index in [2.05, 4.69) is 27.3 Å². The second-order valence-electron chi connectivity index (χ2n) is 9.61. The molecule has 0 saturated carbocycles. The Kier molecular flexibility index (Phi) is 9.56. The van der Waals surface area contributed by atoms with Crippen LogP contribution >= 0.6 is 15.9 Å². The number of amides is 1. The first-order valence-corrected chi connectivity index (χ1v) is 13.4. The molecule has 1 heterocycles. The molecule has 0 spiro atoms. The molecule has 0 saturated heterocycles. The number of hydrogen-bond donors (Lipinski definition) is 3. The predicted molar refractivity (Wildman–Crippen MR) is 154 cm³/mol. The van der Waals surface area contributed by atoms with E-state index < -0.39 is 0 Å². The number of nitrogens with one attached hydrogen (secondary N) is 1. The molecule has 1 atom stereocenters. The standard InChI is InChI=1S/C30H33BrN4O3/c31-26-7-5-25(6-8-26)30(37)38-20-23-13-14-34-17-24(15-23)19-35(18-22-3-11-28(33)12-4-22)29(36)16-21-1-9-27(32)10-2-21/h1-13,24,34H,14-20,32-33H2/t24-/m1/s1. The minimum absolute atomic E-state index is 0.0445. The van der Waals surface area contributed by atoms with Crippen molar-refractivity contribution in [3.05, 3.63) is 106 Å². The van der Waals surface area contributed by atoms with E-state index in [-0.39, 0.29) is 24.4 Å². The van der Waals surface area contributed by atoms with Gasteiger partial charge >= 0.3 is 5.97 Å². The predicted octanol–water partition coefficient (Wildman–Crippen LogP) is 4.58. The fraction of sp³-hybridized carbons (Fsp3) is 0.267. The van der Waals surface area contributed by atoms with Gasteiger partial charge < -0.3 is 26.4 Å². The van der Waals surface area contributed by atoms with Crippen LogP contribution in [0, 0.1) is 5.92 Å². The van der Waals surface area contributed by atoms with E-state index in [9.17, 15) is 9.59 Å². The first-order valence-electron chi connectivity index (χ1n) is 12.6. The van der Waals surface area contributed by atoms with Crippen molar-refractivity contribution in [3.63, 3.8) is 0 Å². The van der Waals surface area contributed by atoms with Gasteiger partial charge in [0.1, 0.15) is 6.61 Å². The number of benzene rings is 3. The number of carbonyl (C=O) groups is 2. The summed E-state index contributed by atoms with van der Waals surface area (Å²) in [5.41, 5.74) is 16.5. The number of hydrogen-bond acceptors (Lipinski definition) is 6. The van der Waals surface area contributed by atoms with Gasteiger partial charge in [-0.15, -0.1) is 0 Å². The third-order valence-electron chi connectivity index (χ3n) is 6.51. The summed E-state index contributed by atoms with van der Waals surface area (Å²) in [6.45, 7) is 2.74. The first-order chi connectivity index (χ1) is 18.4. The molecule has 4 rings (SSSR count). The molecule has 7 nitrogen and oxygen atoms in total. The molecular formula is C30H33BrN4O3. The summed E-state index contributed by atoms with van der Waals surface area (Å²) in [6.07, 6.45) is 3.10. The van der Waals surface area contributed by atoms with E-state index in [0.717, 1.165) is 34.1 Å². The van der Waals surface area contributed by atoms with Crippen molar-refractivity contribution < 1.29 is 14.3 Å². The summed E-state index contributed by atoms with van der Waals surface area (Å²) in [6, 6.07) is 22.1. The molecule has 8 heteroatoms. The molecule has 5 N–H and O–H groups in total. The third-order valence-corrected chi connectivity index (χ3v) is 7.04. The number of rotatable bonds is 9. The summed E-state index contributed by atoms with van der Waals surface area (Å²) in [4.78, 5) is 27.9. The number of esters is 1. The Balaban J connectivity index is 1.42. The Hall–Kier alpha value is -3.62. The van der Waals surface area contributed by atoms with Gasteiger partial charge in [-0.25, -0.2) is 4.79 Å². The number of halogens is 1. The smallest absolute Gasteiger partial charge is 0.338 e. The van der Waals surface area contributed by atoms with E-state index in [1.165, 1.54) is 0 Å². The van der Waals surface area contributed by atoms with Gasteiger partial charge in [0.15, 0.2) is 0 Å². The van der Waals surface area contributed by atoms with Gasteiger partial charge in [0.05, 0.1) is 12.0 Å². The van der Waals surface area contributed by atoms with Crippen molar-refractivity contribution in [1.82, 2.24) is 10.2 Å². The van der Waals surface area contributed by atoms with E-state index in [0.29, 0.717) is 43.0 Å². The Morgan fingerprint density at radius 3 is 2.21 bits per heavy atom. The summed E-state index contributed by atoms with van der Waals surface area (Å²) in [5, 5.41) is 3.43. The quantitative estimate of drug-likeness (QED) is 0.195. The van der Waals surface area contributed by atoms with Crippen LogP contribution in [0.1, 0.15) is 27.9 Å². The zero-order valence-corrected chi connectivity index (χ0v) is 22.8. The van der Waals surface area contributed by atoms with Gasteiger partial charge in [-0.05, 0) is 77.6 Å². The SMILES string of the molecule is Nc1ccc(CC(=O)N(Cc2ccc(N)cc2)C[C@H]2CNCC=C(COC(=O)c3ccc(Br)cc3)C2)cc1. The molecule has 1 aliphatic rings. The Morgan fingerprint density at radius 2 is 1.55 bits per heavy atom. The molecule has 0 aliphatic carbocycles. The number of carbonyl (C=O) groups excluding carboxylic acids is 2. The maximum Gasteiger partial charge on any atom is 0.338 e. The van der Waals surface area contributed by atoms with Gasteiger partial charge in [0, 0.05) is 42.0 Å². The summed E-state index contributed by atoms with van der Waals surface area (Å²) >= 11 is 3.38. The van der Waals surface area contributed by atoms with Gasteiger partial charge in [0.25, 0.3) is 0 Å². The molecule has 1 amide bonds. The third kappa shape index (κ3) is 8.19. The minimum Gasteiger partial charge on any atom is -0.458 e. The second kappa shape index (κ2) is 13.3. The minimum atomic E-state index is -0.351. The molecule has 0 aromatic heterocycles. The monoisotopic (exact) mass is 576 g/mol. The molecule has 38 heavy (non-hydrogen) atoms. The maximum absolute atomic E-state index is 13.5. The van der Waals surface area contributed by atoms with Gasteiger partial charge in [-0.3, -0.25) is 4.79 Å². The van der Waals surface area contributed by atoms with Crippen molar-refractivity contribution >= 4 is 39.2 Å². The lowest BCUT2D eigenvalue weighted by Crippen LogP contribution is -2.38. The van der Waals surface area contributed by atoms with E-state index >= 15 is 0 Å². The Bertz CT molecular complexity index is 1260. The summed E-state index contributed by atoms with van der Waals surface area (Å²) < 4.78 is 6.51. The number of nitrogens with zero attached hydrogens (tertiary/aromatic N) is 1. The van der Waals surface area contributed by atoms with Crippen molar-refractivity contribution in [2.75, 3.05) is 37.7 Å². The van der Waals surface area contributed by atoms with Crippen molar-refractivity contribution in [2.24, 2.45) is 5.92 Å². The second-order valence-corrected chi connectivity index (χ2v) is 10.5. The highest BCUT2D eigenvalue weighted by atomic mass is 79.9. The number of ether oxygens (including phenoxy) is 1.